The van der Waals surface area contributed by atoms with E-state index in [0.29, 0.717) is 0 Å². The summed E-state index contributed by atoms with van der Waals surface area (Å²) in [7, 11) is 0. The van der Waals surface area contributed by atoms with Crippen molar-refractivity contribution >= 4 is 0 Å². The number of aromatic amines is 1. The molecule has 0 amide bonds. The summed E-state index contributed by atoms with van der Waals surface area (Å²) in [6.45, 7) is 3.08. The van der Waals surface area contributed by atoms with E-state index in [1.807, 2.05) is 18.2 Å². The number of rotatable bonds is 4. The van der Waals surface area contributed by atoms with Gasteiger partial charge in [-0.2, -0.15) is 15.4 Å². The standard InChI is InChI=1S/C15H20N4/c1-15(9-5-6-10-15)16-11-13-14(18-19-17-13)12-7-3-2-4-8-12/h2-4,7-8,16H,5-6,9-11H2,1H3,(H,17,18,19). The molecular formula is C15H20N4. The lowest BCUT2D eigenvalue weighted by atomic mass is 10.0. The molecule has 0 atom stereocenters. The van der Waals surface area contributed by atoms with Gasteiger partial charge in [0, 0.05) is 17.6 Å². The Morgan fingerprint density at radius 3 is 2.63 bits per heavy atom. The topological polar surface area (TPSA) is 53.6 Å². The van der Waals surface area contributed by atoms with Gasteiger partial charge in [0.25, 0.3) is 0 Å². The van der Waals surface area contributed by atoms with Crippen molar-refractivity contribution in [2.45, 2.75) is 44.7 Å². The van der Waals surface area contributed by atoms with E-state index in [1.54, 1.807) is 0 Å². The second-order valence-electron chi connectivity index (χ2n) is 5.61. The van der Waals surface area contributed by atoms with Crippen LogP contribution in [0.15, 0.2) is 30.3 Å². The highest BCUT2D eigenvalue weighted by Gasteiger charge is 2.28. The number of hydrogen-bond acceptors (Lipinski definition) is 3. The lowest BCUT2D eigenvalue weighted by Crippen LogP contribution is -2.39. The Morgan fingerprint density at radius 1 is 1.16 bits per heavy atom. The van der Waals surface area contributed by atoms with Crippen molar-refractivity contribution in [2.24, 2.45) is 0 Å². The Labute approximate surface area is 113 Å². The summed E-state index contributed by atoms with van der Waals surface area (Å²) < 4.78 is 0. The van der Waals surface area contributed by atoms with Crippen molar-refractivity contribution in [3.05, 3.63) is 36.0 Å². The molecule has 1 aromatic carbocycles. The Morgan fingerprint density at radius 2 is 1.89 bits per heavy atom. The minimum atomic E-state index is 0.271. The molecule has 0 spiro atoms. The second-order valence-corrected chi connectivity index (χ2v) is 5.61. The van der Waals surface area contributed by atoms with Crippen molar-refractivity contribution in [2.75, 3.05) is 0 Å². The molecule has 0 radical (unpaired) electrons. The van der Waals surface area contributed by atoms with E-state index < -0.39 is 0 Å². The van der Waals surface area contributed by atoms with Gasteiger partial charge in [0.15, 0.2) is 0 Å². The summed E-state index contributed by atoms with van der Waals surface area (Å²) in [6.07, 6.45) is 5.17. The maximum atomic E-state index is 4.29. The van der Waals surface area contributed by atoms with E-state index in [2.05, 4.69) is 39.8 Å². The normalized spacial score (nSPS) is 17.7. The van der Waals surface area contributed by atoms with Crippen LogP contribution in [0.4, 0.5) is 0 Å². The summed E-state index contributed by atoms with van der Waals surface area (Å²) in [4.78, 5) is 0. The first-order chi connectivity index (χ1) is 9.27. The molecule has 4 nitrogen and oxygen atoms in total. The molecule has 4 heteroatoms. The summed E-state index contributed by atoms with van der Waals surface area (Å²) in [5, 5.41) is 15.0. The first kappa shape index (κ1) is 12.4. The van der Waals surface area contributed by atoms with Crippen LogP contribution < -0.4 is 5.32 Å². The minimum Gasteiger partial charge on any atom is -0.306 e. The van der Waals surface area contributed by atoms with Crippen LogP contribution in [0.1, 0.15) is 38.3 Å². The number of nitrogens with zero attached hydrogens (tertiary/aromatic N) is 2. The predicted molar refractivity (Wildman–Crippen MR) is 75.5 cm³/mol. The molecule has 0 unspecified atom stereocenters. The third-order valence-electron chi connectivity index (χ3n) is 4.06. The first-order valence-corrected chi connectivity index (χ1v) is 6.97. The van der Waals surface area contributed by atoms with Crippen molar-refractivity contribution in [3.8, 4) is 11.3 Å². The van der Waals surface area contributed by atoms with Gasteiger partial charge in [-0.3, -0.25) is 0 Å². The Hall–Kier alpha value is -1.68. The fraction of sp³-hybridized carbons (Fsp3) is 0.467. The summed E-state index contributed by atoms with van der Waals surface area (Å²) in [6, 6.07) is 10.2. The molecule has 1 heterocycles. The van der Waals surface area contributed by atoms with Crippen LogP contribution in [0.3, 0.4) is 0 Å². The molecule has 0 aliphatic heterocycles. The molecular weight excluding hydrogens is 236 g/mol. The van der Waals surface area contributed by atoms with Gasteiger partial charge in [0.1, 0.15) is 11.4 Å². The molecule has 1 fully saturated rings. The second kappa shape index (κ2) is 5.13. The van der Waals surface area contributed by atoms with Crippen LogP contribution in [0.25, 0.3) is 11.3 Å². The van der Waals surface area contributed by atoms with Gasteiger partial charge in [0.05, 0.1) is 0 Å². The smallest absolute Gasteiger partial charge is 0.117 e. The van der Waals surface area contributed by atoms with E-state index in [0.717, 1.165) is 23.5 Å². The third kappa shape index (κ3) is 2.68. The molecule has 19 heavy (non-hydrogen) atoms. The van der Waals surface area contributed by atoms with E-state index in [-0.39, 0.29) is 5.54 Å². The number of benzene rings is 1. The van der Waals surface area contributed by atoms with Gasteiger partial charge in [-0.05, 0) is 19.8 Å². The highest BCUT2D eigenvalue weighted by Crippen LogP contribution is 2.29. The van der Waals surface area contributed by atoms with Crippen LogP contribution in [-0.4, -0.2) is 20.9 Å². The molecule has 100 valence electrons. The van der Waals surface area contributed by atoms with Gasteiger partial charge < -0.3 is 5.32 Å². The number of H-pyrrole nitrogens is 1. The zero-order chi connectivity index (χ0) is 13.1. The number of aromatic nitrogens is 3. The molecule has 0 bridgehead atoms. The number of nitrogens with one attached hydrogen (secondary N) is 2. The zero-order valence-corrected chi connectivity index (χ0v) is 11.3. The maximum absolute atomic E-state index is 4.29. The first-order valence-electron chi connectivity index (χ1n) is 6.97. The fourth-order valence-corrected chi connectivity index (χ4v) is 2.83. The Balaban J connectivity index is 1.74. The SMILES string of the molecule is CC1(NCc2n[nH]nc2-c2ccccc2)CCCC1. The van der Waals surface area contributed by atoms with Crippen molar-refractivity contribution < 1.29 is 0 Å². The largest absolute Gasteiger partial charge is 0.306 e. The van der Waals surface area contributed by atoms with Crippen LogP contribution in [0.2, 0.25) is 0 Å². The molecule has 3 rings (SSSR count). The van der Waals surface area contributed by atoms with Crippen LogP contribution >= 0.6 is 0 Å². The van der Waals surface area contributed by atoms with Crippen molar-refractivity contribution in [1.29, 1.82) is 0 Å². The summed E-state index contributed by atoms with van der Waals surface area (Å²) in [5.74, 6) is 0. The van der Waals surface area contributed by atoms with Gasteiger partial charge in [-0.15, -0.1) is 0 Å². The number of hydrogen-bond donors (Lipinski definition) is 2. The van der Waals surface area contributed by atoms with Crippen molar-refractivity contribution in [1.82, 2.24) is 20.7 Å². The van der Waals surface area contributed by atoms with Gasteiger partial charge >= 0.3 is 0 Å². The summed E-state index contributed by atoms with van der Waals surface area (Å²) >= 11 is 0. The van der Waals surface area contributed by atoms with Crippen molar-refractivity contribution in [3.63, 3.8) is 0 Å². The molecule has 1 saturated carbocycles. The molecule has 2 N–H and O–H groups in total. The van der Waals surface area contributed by atoms with Gasteiger partial charge in [-0.25, -0.2) is 0 Å². The van der Waals surface area contributed by atoms with Crippen LogP contribution in [0.5, 0.6) is 0 Å². The van der Waals surface area contributed by atoms with Gasteiger partial charge in [-0.1, -0.05) is 43.2 Å². The lowest BCUT2D eigenvalue weighted by molar-refractivity contribution is 0.361. The van der Waals surface area contributed by atoms with Crippen LogP contribution in [-0.2, 0) is 6.54 Å². The monoisotopic (exact) mass is 256 g/mol. The highest BCUT2D eigenvalue weighted by molar-refractivity contribution is 5.60. The van der Waals surface area contributed by atoms with Gasteiger partial charge in [0.2, 0.25) is 0 Å². The Bertz CT molecular complexity index is 526. The molecule has 1 aliphatic carbocycles. The maximum Gasteiger partial charge on any atom is 0.117 e. The zero-order valence-electron chi connectivity index (χ0n) is 11.3. The average Bonchev–Trinajstić information content (AvgIpc) is 3.07. The summed E-state index contributed by atoms with van der Waals surface area (Å²) in [5.41, 5.74) is 3.34. The predicted octanol–water partition coefficient (Wildman–Crippen LogP) is 2.89. The quantitative estimate of drug-likeness (QED) is 0.884. The van der Waals surface area contributed by atoms with E-state index in [1.165, 1.54) is 25.7 Å². The van der Waals surface area contributed by atoms with E-state index in [9.17, 15) is 0 Å². The average molecular weight is 256 g/mol. The Kier molecular flexibility index (Phi) is 3.34. The molecule has 1 aliphatic rings. The molecule has 0 saturated heterocycles. The van der Waals surface area contributed by atoms with Crippen LogP contribution in [0, 0.1) is 0 Å². The highest BCUT2D eigenvalue weighted by atomic mass is 15.3. The lowest BCUT2D eigenvalue weighted by Gasteiger charge is -2.24. The van der Waals surface area contributed by atoms with E-state index >= 15 is 0 Å². The molecule has 1 aromatic heterocycles. The minimum absolute atomic E-state index is 0.271. The third-order valence-corrected chi connectivity index (χ3v) is 4.06. The molecule has 2 aromatic rings. The fourth-order valence-electron chi connectivity index (χ4n) is 2.83. The van der Waals surface area contributed by atoms with E-state index in [4.69, 9.17) is 0 Å².